The number of rotatable bonds is 15. The summed E-state index contributed by atoms with van der Waals surface area (Å²) < 4.78 is 2.46. The van der Waals surface area contributed by atoms with E-state index in [1.54, 1.807) is 0 Å². The van der Waals surface area contributed by atoms with Crippen molar-refractivity contribution in [1.82, 2.24) is 0 Å². The van der Waals surface area contributed by atoms with Crippen LogP contribution < -0.4 is 4.57 Å². The Morgan fingerprint density at radius 2 is 1.04 bits per heavy atom. The number of hydrogen-bond donors (Lipinski definition) is 0. The molecule has 0 saturated heterocycles. The van der Waals surface area contributed by atoms with E-state index in [1.807, 2.05) is 0 Å². The summed E-state index contributed by atoms with van der Waals surface area (Å²) in [4.78, 5) is 0. The van der Waals surface area contributed by atoms with Gasteiger partial charge in [0.25, 0.3) is 0 Å². The molecule has 24 heavy (non-hydrogen) atoms. The van der Waals surface area contributed by atoms with Gasteiger partial charge in [-0.05, 0) is 25.3 Å². The van der Waals surface area contributed by atoms with Gasteiger partial charge in [-0.15, -0.1) is 0 Å². The van der Waals surface area contributed by atoms with Crippen LogP contribution in [-0.4, -0.2) is 0 Å². The first-order valence-corrected chi connectivity index (χ1v) is 10.8. The van der Waals surface area contributed by atoms with Crippen LogP contribution in [0.5, 0.6) is 0 Å². The summed E-state index contributed by atoms with van der Waals surface area (Å²) in [6, 6.07) is 2.42. The van der Waals surface area contributed by atoms with Crippen LogP contribution in [0.2, 0.25) is 0 Å². The van der Waals surface area contributed by atoms with Gasteiger partial charge in [-0.2, -0.15) is 0 Å². The summed E-state index contributed by atoms with van der Waals surface area (Å²) in [5.74, 6) is 0. The first-order chi connectivity index (χ1) is 11.8. The lowest BCUT2D eigenvalue weighted by atomic mass is 10.1. The van der Waals surface area contributed by atoms with Gasteiger partial charge in [-0.25, -0.2) is 4.57 Å². The first kappa shape index (κ1) is 21.2. The van der Waals surface area contributed by atoms with Crippen LogP contribution in [0.1, 0.15) is 109 Å². The maximum absolute atomic E-state index is 2.46. The van der Waals surface area contributed by atoms with Gasteiger partial charge in [0, 0.05) is 17.5 Å². The van der Waals surface area contributed by atoms with Crippen LogP contribution >= 0.6 is 0 Å². The molecule has 0 aliphatic rings. The van der Waals surface area contributed by atoms with Crippen molar-refractivity contribution in [3.8, 4) is 0 Å². The normalized spacial score (nSPS) is 11.1. The van der Waals surface area contributed by atoms with E-state index in [9.17, 15) is 0 Å². The van der Waals surface area contributed by atoms with Crippen LogP contribution in [0, 0.1) is 0 Å². The average molecular weight is 333 g/mol. The molecule has 0 aliphatic carbocycles. The summed E-state index contributed by atoms with van der Waals surface area (Å²) >= 11 is 0. The molecule has 1 aromatic heterocycles. The molecule has 1 nitrogen and oxygen atoms in total. The van der Waals surface area contributed by atoms with Gasteiger partial charge >= 0.3 is 0 Å². The zero-order valence-electron chi connectivity index (χ0n) is 16.8. The summed E-state index contributed by atoms with van der Waals surface area (Å²) in [6.45, 7) is 8.05. The number of unbranched alkanes of at least 4 members (excludes halogenated alkanes) is 9. The molecule has 1 rings (SSSR count). The maximum atomic E-state index is 2.46. The lowest BCUT2D eigenvalue weighted by molar-refractivity contribution is -0.698. The fourth-order valence-corrected chi connectivity index (χ4v) is 3.54. The van der Waals surface area contributed by atoms with Crippen molar-refractivity contribution in [2.24, 2.45) is 0 Å². The number of pyridine rings is 1. The summed E-state index contributed by atoms with van der Waals surface area (Å²) in [7, 11) is 0. The molecule has 1 heteroatoms. The Hall–Kier alpha value is -0.850. The predicted molar refractivity (Wildman–Crippen MR) is 106 cm³/mol. The molecule has 0 spiro atoms. The molecule has 1 heterocycles. The smallest absolute Gasteiger partial charge is 0.171 e. The van der Waals surface area contributed by atoms with Crippen molar-refractivity contribution in [2.45, 2.75) is 117 Å². The van der Waals surface area contributed by atoms with Gasteiger partial charge in [-0.1, -0.05) is 85.0 Å². The quantitative estimate of drug-likeness (QED) is 0.245. The number of aromatic nitrogens is 1. The molecule has 0 bridgehead atoms. The van der Waals surface area contributed by atoms with E-state index < -0.39 is 0 Å². The third-order valence-electron chi connectivity index (χ3n) is 4.88. The molecule has 0 N–H and O–H groups in total. The third kappa shape index (κ3) is 10.1. The fourth-order valence-electron chi connectivity index (χ4n) is 3.54. The van der Waals surface area contributed by atoms with Gasteiger partial charge in [0.1, 0.15) is 6.54 Å². The van der Waals surface area contributed by atoms with Gasteiger partial charge in [0.15, 0.2) is 12.4 Å². The van der Waals surface area contributed by atoms with Crippen molar-refractivity contribution in [2.75, 3.05) is 0 Å². The molecule has 0 radical (unpaired) electrons. The van der Waals surface area contributed by atoms with Crippen LogP contribution in [-0.2, 0) is 19.4 Å². The van der Waals surface area contributed by atoms with Crippen molar-refractivity contribution in [1.29, 1.82) is 0 Å². The van der Waals surface area contributed by atoms with E-state index in [0.717, 1.165) is 0 Å². The highest BCUT2D eigenvalue weighted by molar-refractivity contribution is 5.15. The highest BCUT2D eigenvalue weighted by Crippen LogP contribution is 2.11. The molecule has 0 aromatic carbocycles. The van der Waals surface area contributed by atoms with E-state index in [-0.39, 0.29) is 0 Å². The zero-order valence-corrected chi connectivity index (χ0v) is 16.8. The van der Waals surface area contributed by atoms with Crippen molar-refractivity contribution in [3.63, 3.8) is 0 Å². The highest BCUT2D eigenvalue weighted by Gasteiger charge is 2.07. The minimum absolute atomic E-state index is 1.20. The fraction of sp³-hybridized carbons (Fsp3) is 0.783. The van der Waals surface area contributed by atoms with Crippen LogP contribution in [0.15, 0.2) is 18.5 Å². The number of hydrogen-bond acceptors (Lipinski definition) is 0. The van der Waals surface area contributed by atoms with E-state index in [4.69, 9.17) is 0 Å². The van der Waals surface area contributed by atoms with Gasteiger partial charge < -0.3 is 0 Å². The molecular formula is C23H42N+. The van der Waals surface area contributed by atoms with Crippen molar-refractivity contribution in [3.05, 3.63) is 29.6 Å². The van der Waals surface area contributed by atoms with Crippen LogP contribution in [0.25, 0.3) is 0 Å². The molecule has 0 amide bonds. The number of nitrogens with zero attached hydrogens (tertiary/aromatic N) is 1. The average Bonchev–Trinajstić information content (AvgIpc) is 2.57. The Morgan fingerprint density at radius 3 is 1.50 bits per heavy atom. The minimum atomic E-state index is 1.20. The molecule has 0 atom stereocenters. The first-order valence-electron chi connectivity index (χ1n) is 10.8. The molecular weight excluding hydrogens is 290 g/mol. The van der Waals surface area contributed by atoms with Crippen molar-refractivity contribution < 1.29 is 4.57 Å². The molecule has 0 saturated carbocycles. The lowest BCUT2D eigenvalue weighted by Crippen LogP contribution is -2.34. The summed E-state index contributed by atoms with van der Waals surface area (Å²) in [5, 5.41) is 0. The summed E-state index contributed by atoms with van der Waals surface area (Å²) in [6.07, 6.45) is 23.9. The van der Waals surface area contributed by atoms with Gasteiger partial charge in [0.05, 0.1) is 0 Å². The van der Waals surface area contributed by atoms with Crippen LogP contribution in [0.3, 0.4) is 0 Å². The minimum Gasteiger partial charge on any atom is -0.205 e. The Balaban J connectivity index is 2.19. The largest absolute Gasteiger partial charge is 0.205 e. The lowest BCUT2D eigenvalue weighted by Gasteiger charge is -2.05. The third-order valence-corrected chi connectivity index (χ3v) is 4.88. The molecule has 0 fully saturated rings. The molecule has 138 valence electrons. The zero-order chi connectivity index (χ0) is 17.5. The molecule has 0 unspecified atom stereocenters. The number of aryl methyl sites for hydroxylation is 3. The monoisotopic (exact) mass is 332 g/mol. The highest BCUT2D eigenvalue weighted by atomic mass is 14.9. The topological polar surface area (TPSA) is 3.88 Å². The Labute approximate surface area is 151 Å². The molecule has 1 aromatic rings. The second-order valence-electron chi connectivity index (χ2n) is 7.47. The second kappa shape index (κ2) is 14.5. The molecule has 0 aliphatic heterocycles. The van der Waals surface area contributed by atoms with Crippen LogP contribution in [0.4, 0.5) is 0 Å². The SMILES string of the molecule is CCCCCCCCCCCC[n+]1cc(CCC)cc(CCC)c1. The van der Waals surface area contributed by atoms with E-state index in [0.29, 0.717) is 0 Å². The van der Waals surface area contributed by atoms with Crippen molar-refractivity contribution >= 4 is 0 Å². The van der Waals surface area contributed by atoms with Gasteiger partial charge in [-0.3, -0.25) is 0 Å². The van der Waals surface area contributed by atoms with E-state index >= 15 is 0 Å². The van der Waals surface area contributed by atoms with Gasteiger partial charge in [0.2, 0.25) is 0 Å². The standard InChI is InChI=1S/C23H42N/c1-4-7-8-9-10-11-12-13-14-15-18-24-20-22(16-5-2)19-23(21-24)17-6-3/h19-21H,4-18H2,1-3H3/q+1. The van der Waals surface area contributed by atoms with E-state index in [2.05, 4.69) is 43.8 Å². The second-order valence-corrected chi connectivity index (χ2v) is 7.47. The summed E-state index contributed by atoms with van der Waals surface area (Å²) in [5.41, 5.74) is 3.05. The van der Waals surface area contributed by atoms with E-state index in [1.165, 1.54) is 108 Å². The predicted octanol–water partition coefficient (Wildman–Crippen LogP) is 6.80. The maximum Gasteiger partial charge on any atom is 0.171 e. The Bertz CT molecular complexity index is 386. The Morgan fingerprint density at radius 1 is 0.583 bits per heavy atom. The Kier molecular flexibility index (Phi) is 12.8.